The van der Waals surface area contributed by atoms with Crippen LogP contribution >= 0.6 is 0 Å². The second kappa shape index (κ2) is 4.95. The molecule has 0 fully saturated rings. The summed E-state index contributed by atoms with van der Waals surface area (Å²) in [7, 11) is 0. The third-order valence-electron chi connectivity index (χ3n) is 4.38. The van der Waals surface area contributed by atoms with Crippen LogP contribution in [0.1, 0.15) is 30.0 Å². The molecule has 0 unspecified atom stereocenters. The summed E-state index contributed by atoms with van der Waals surface area (Å²) in [6.45, 7) is 0. The minimum Gasteiger partial charge on any atom is -0.239 e. The lowest BCUT2D eigenvalue weighted by molar-refractivity contribution is 0.328. The first-order valence-electron chi connectivity index (χ1n) is 7.77. The van der Waals surface area contributed by atoms with E-state index in [9.17, 15) is 4.39 Å². The highest BCUT2D eigenvalue weighted by molar-refractivity contribution is 5.75. The van der Waals surface area contributed by atoms with Gasteiger partial charge in [-0.3, -0.25) is 0 Å². The molecule has 6 nitrogen and oxygen atoms in total. The van der Waals surface area contributed by atoms with Crippen molar-refractivity contribution in [2.24, 2.45) is 0 Å². The number of hydrogen-bond donors (Lipinski definition) is 0. The minimum atomic E-state index is -1.13. The van der Waals surface area contributed by atoms with Crippen LogP contribution in [0, 0.1) is 0 Å². The van der Waals surface area contributed by atoms with E-state index in [-0.39, 0.29) is 6.04 Å². The third-order valence-corrected chi connectivity index (χ3v) is 4.38. The SMILES string of the molecule is F[C@H]1C[C@@H](c2ccccc2)n2nc(-n3nnc4ccccc43)nc21. The van der Waals surface area contributed by atoms with Crippen LogP contribution in [-0.4, -0.2) is 29.8 Å². The second-order valence-electron chi connectivity index (χ2n) is 5.83. The smallest absolute Gasteiger partial charge is 0.239 e. The van der Waals surface area contributed by atoms with Crippen molar-refractivity contribution < 1.29 is 4.39 Å². The van der Waals surface area contributed by atoms with Crippen LogP contribution in [0.4, 0.5) is 4.39 Å². The summed E-state index contributed by atoms with van der Waals surface area (Å²) in [5, 5.41) is 12.7. The lowest BCUT2D eigenvalue weighted by Gasteiger charge is -2.11. The van der Waals surface area contributed by atoms with Crippen molar-refractivity contribution in [2.75, 3.05) is 0 Å². The van der Waals surface area contributed by atoms with Gasteiger partial charge in [-0.15, -0.1) is 10.2 Å². The van der Waals surface area contributed by atoms with Crippen LogP contribution in [0.5, 0.6) is 0 Å². The first-order chi connectivity index (χ1) is 11.8. The van der Waals surface area contributed by atoms with Crippen molar-refractivity contribution in [1.29, 1.82) is 0 Å². The third kappa shape index (κ3) is 1.87. The Morgan fingerprint density at radius 1 is 1.00 bits per heavy atom. The standard InChI is InChI=1S/C17H13FN6/c18-12-10-15(11-6-2-1-3-7-11)23-16(12)19-17(21-23)24-14-9-5-4-8-13(14)20-22-24/h1-9,12,15H,10H2/t12-,15-/m0/s1. The Labute approximate surface area is 136 Å². The molecular weight excluding hydrogens is 307 g/mol. The van der Waals surface area contributed by atoms with Gasteiger partial charge in [0.25, 0.3) is 5.95 Å². The van der Waals surface area contributed by atoms with Crippen LogP contribution in [0.2, 0.25) is 0 Å². The molecule has 2 aromatic heterocycles. The number of hydrogen-bond acceptors (Lipinski definition) is 4. The molecule has 2 atom stereocenters. The lowest BCUT2D eigenvalue weighted by Crippen LogP contribution is -2.08. The molecule has 7 heteroatoms. The Morgan fingerprint density at radius 2 is 1.79 bits per heavy atom. The number of para-hydroxylation sites is 1. The van der Waals surface area contributed by atoms with Crippen molar-refractivity contribution >= 4 is 11.0 Å². The van der Waals surface area contributed by atoms with Gasteiger partial charge in [0.15, 0.2) is 12.0 Å². The van der Waals surface area contributed by atoms with Gasteiger partial charge in [-0.25, -0.2) is 9.07 Å². The van der Waals surface area contributed by atoms with E-state index in [1.54, 1.807) is 9.36 Å². The average Bonchev–Trinajstić information content (AvgIpc) is 3.30. The van der Waals surface area contributed by atoms with Crippen LogP contribution in [-0.2, 0) is 0 Å². The highest BCUT2D eigenvalue weighted by Gasteiger charge is 2.35. The zero-order chi connectivity index (χ0) is 16.1. The fourth-order valence-electron chi connectivity index (χ4n) is 3.23. The molecule has 3 heterocycles. The predicted octanol–water partition coefficient (Wildman–Crippen LogP) is 3.02. The van der Waals surface area contributed by atoms with E-state index in [0.717, 1.165) is 16.6 Å². The molecule has 4 aromatic rings. The highest BCUT2D eigenvalue weighted by atomic mass is 19.1. The molecule has 0 amide bonds. The first-order valence-corrected chi connectivity index (χ1v) is 7.77. The Hall–Kier alpha value is -3.09. The Kier molecular flexibility index (Phi) is 2.76. The average molecular weight is 320 g/mol. The molecular formula is C17H13FN6. The summed E-state index contributed by atoms with van der Waals surface area (Å²) < 4.78 is 17.7. The number of nitrogens with zero attached hydrogens (tertiary/aromatic N) is 6. The van der Waals surface area contributed by atoms with Crippen LogP contribution in [0.15, 0.2) is 54.6 Å². The number of rotatable bonds is 2. The summed E-state index contributed by atoms with van der Waals surface area (Å²) in [4.78, 5) is 4.38. The summed E-state index contributed by atoms with van der Waals surface area (Å²) in [6.07, 6.45) is -0.774. The van der Waals surface area contributed by atoms with Gasteiger partial charge in [-0.2, -0.15) is 9.67 Å². The predicted molar refractivity (Wildman–Crippen MR) is 85.5 cm³/mol. The van der Waals surface area contributed by atoms with Crippen molar-refractivity contribution in [1.82, 2.24) is 29.8 Å². The van der Waals surface area contributed by atoms with Crippen LogP contribution in [0.25, 0.3) is 17.0 Å². The lowest BCUT2D eigenvalue weighted by atomic mass is 10.0. The fraction of sp³-hybridized carbons (Fsp3) is 0.176. The first kappa shape index (κ1) is 13.4. The van der Waals surface area contributed by atoms with E-state index >= 15 is 0 Å². The summed E-state index contributed by atoms with van der Waals surface area (Å²) in [5.41, 5.74) is 2.58. The maximum atomic E-state index is 14.5. The van der Waals surface area contributed by atoms with Crippen LogP contribution in [0.3, 0.4) is 0 Å². The number of alkyl halides is 1. The topological polar surface area (TPSA) is 61.4 Å². The van der Waals surface area contributed by atoms with Crippen LogP contribution < -0.4 is 0 Å². The molecule has 0 saturated heterocycles. The van der Waals surface area contributed by atoms with Crippen molar-refractivity contribution in [3.05, 3.63) is 66.0 Å². The molecule has 0 saturated carbocycles. The Bertz CT molecular complexity index is 1020. The minimum absolute atomic E-state index is 0.146. The van der Waals surface area contributed by atoms with E-state index in [1.807, 2.05) is 54.6 Å². The molecule has 1 aliphatic heterocycles. The van der Waals surface area contributed by atoms with Crippen molar-refractivity contribution in [3.8, 4) is 5.95 Å². The summed E-state index contributed by atoms with van der Waals surface area (Å²) in [5.74, 6) is 0.695. The molecule has 1 aliphatic rings. The zero-order valence-electron chi connectivity index (χ0n) is 12.6. The summed E-state index contributed by atoms with van der Waals surface area (Å²) >= 11 is 0. The molecule has 118 valence electrons. The van der Waals surface area contributed by atoms with Gasteiger partial charge in [0.2, 0.25) is 0 Å². The zero-order valence-corrected chi connectivity index (χ0v) is 12.6. The van der Waals surface area contributed by atoms with E-state index in [4.69, 9.17) is 0 Å². The maximum absolute atomic E-state index is 14.5. The van der Waals surface area contributed by atoms with Gasteiger partial charge < -0.3 is 0 Å². The maximum Gasteiger partial charge on any atom is 0.271 e. The van der Waals surface area contributed by atoms with Gasteiger partial charge in [0, 0.05) is 6.42 Å². The largest absolute Gasteiger partial charge is 0.271 e. The number of aromatic nitrogens is 6. The van der Waals surface area contributed by atoms with Crippen molar-refractivity contribution in [2.45, 2.75) is 18.6 Å². The number of halogens is 1. The Morgan fingerprint density at radius 3 is 2.67 bits per heavy atom. The van der Waals surface area contributed by atoms with E-state index in [1.165, 1.54) is 0 Å². The molecule has 0 spiro atoms. The quantitative estimate of drug-likeness (QED) is 0.569. The fourth-order valence-corrected chi connectivity index (χ4v) is 3.23. The van der Waals surface area contributed by atoms with Gasteiger partial charge in [-0.05, 0) is 17.7 Å². The van der Waals surface area contributed by atoms with Gasteiger partial charge in [0.1, 0.15) is 5.52 Å². The molecule has 2 aromatic carbocycles. The van der Waals surface area contributed by atoms with E-state index in [0.29, 0.717) is 18.2 Å². The normalized spacial score (nSPS) is 19.7. The van der Waals surface area contributed by atoms with E-state index in [2.05, 4.69) is 20.4 Å². The molecule has 24 heavy (non-hydrogen) atoms. The number of fused-ring (bicyclic) bond motifs is 2. The van der Waals surface area contributed by atoms with Gasteiger partial charge in [0.05, 0.1) is 11.6 Å². The van der Waals surface area contributed by atoms with Crippen molar-refractivity contribution in [3.63, 3.8) is 0 Å². The van der Waals surface area contributed by atoms with E-state index < -0.39 is 6.17 Å². The molecule has 5 rings (SSSR count). The van der Waals surface area contributed by atoms with Gasteiger partial charge in [-0.1, -0.05) is 47.7 Å². The molecule has 0 N–H and O–H groups in total. The second-order valence-corrected chi connectivity index (χ2v) is 5.83. The van der Waals surface area contributed by atoms with Gasteiger partial charge >= 0.3 is 0 Å². The number of benzene rings is 2. The summed E-state index contributed by atoms with van der Waals surface area (Å²) in [6, 6.07) is 17.2. The highest BCUT2D eigenvalue weighted by Crippen LogP contribution is 2.39. The molecule has 0 radical (unpaired) electrons. The Balaban J connectivity index is 1.63. The molecule has 0 aliphatic carbocycles. The monoisotopic (exact) mass is 320 g/mol. The molecule has 0 bridgehead atoms.